The van der Waals surface area contributed by atoms with Crippen molar-refractivity contribution in [2.75, 3.05) is 0 Å². The molecule has 0 spiro atoms. The van der Waals surface area contributed by atoms with Gasteiger partial charge in [-0.15, -0.1) is 0 Å². The maximum absolute atomic E-state index is 14.3. The molecule has 334 valence electrons. The second-order valence-electron chi connectivity index (χ2n) is 17.0. The van der Waals surface area contributed by atoms with Crippen molar-refractivity contribution >= 4 is 43.6 Å². The number of rotatable bonds is 6. The summed E-state index contributed by atoms with van der Waals surface area (Å²) in [5.74, 6) is 0. The molecule has 0 unspecified atom stereocenters. The average molecular weight is 931 g/mol. The van der Waals surface area contributed by atoms with E-state index in [0.717, 1.165) is 66.9 Å². The van der Waals surface area contributed by atoms with E-state index in [0.29, 0.717) is 61.4 Å². The molecule has 0 atom stereocenters. The predicted octanol–water partition coefficient (Wildman–Crippen LogP) is 14.8. The summed E-state index contributed by atoms with van der Waals surface area (Å²) in [5, 5.41) is 64.6. The fraction of sp³-hybridized carbons (Fsp3) is 0.0164. The average Bonchev–Trinajstić information content (AvgIpc) is 3.93. The lowest BCUT2D eigenvalue weighted by Crippen LogP contribution is -2.07. The Morgan fingerprint density at radius 2 is 0.792 bits per heavy atom. The lowest BCUT2D eigenvalue weighted by atomic mass is 9.87. The van der Waals surface area contributed by atoms with Gasteiger partial charge in [0.1, 0.15) is 0 Å². The van der Waals surface area contributed by atoms with Gasteiger partial charge >= 0.3 is 6.18 Å². The molecule has 2 heterocycles. The number of aromatic nitrogens is 2. The first-order valence-electron chi connectivity index (χ1n) is 22.3. The van der Waals surface area contributed by atoms with Crippen LogP contribution in [0.1, 0.15) is 38.9 Å². The van der Waals surface area contributed by atoms with Crippen LogP contribution in [0, 0.1) is 68.0 Å². The van der Waals surface area contributed by atoms with E-state index in [-0.39, 0.29) is 16.7 Å². The molecule has 11 rings (SSSR count). The van der Waals surface area contributed by atoms with Crippen molar-refractivity contribution in [1.82, 2.24) is 9.13 Å². The van der Waals surface area contributed by atoms with Crippen LogP contribution in [0.15, 0.2) is 176 Å². The minimum absolute atomic E-state index is 0.217. The highest BCUT2D eigenvalue weighted by molar-refractivity contribution is 6.14. The van der Waals surface area contributed by atoms with Gasteiger partial charge in [0, 0.05) is 38.2 Å². The van der Waals surface area contributed by atoms with Crippen molar-refractivity contribution in [2.45, 2.75) is 6.18 Å². The normalized spacial score (nSPS) is 11.2. The van der Waals surface area contributed by atoms with Crippen LogP contribution in [-0.4, -0.2) is 9.13 Å². The van der Waals surface area contributed by atoms with Crippen LogP contribution in [0.2, 0.25) is 0 Å². The molecule has 0 saturated heterocycles. The number of hydrogen-bond donors (Lipinski definition) is 0. The van der Waals surface area contributed by atoms with Crippen molar-refractivity contribution in [3.05, 3.63) is 215 Å². The quantitative estimate of drug-likeness (QED) is 0.162. The zero-order chi connectivity index (χ0) is 49.8. The topological polar surface area (TPSA) is 153 Å². The van der Waals surface area contributed by atoms with Crippen LogP contribution in [0.5, 0.6) is 0 Å². The fourth-order valence-electron chi connectivity index (χ4n) is 10.1. The molecular weight excluding hydrogens is 902 g/mol. The summed E-state index contributed by atoms with van der Waals surface area (Å²) >= 11 is 0. The van der Waals surface area contributed by atoms with Crippen LogP contribution in [0.4, 0.5) is 13.2 Å². The van der Waals surface area contributed by atoms with E-state index in [1.165, 1.54) is 6.07 Å². The highest BCUT2D eigenvalue weighted by Crippen LogP contribution is 2.48. The summed E-state index contributed by atoms with van der Waals surface area (Å²) < 4.78 is 47.0. The van der Waals surface area contributed by atoms with E-state index in [4.69, 9.17) is 0 Å². The smallest absolute Gasteiger partial charge is 0.309 e. The summed E-state index contributed by atoms with van der Waals surface area (Å²) in [5.41, 5.74) is 8.87. The number of nitriles is 6. The van der Waals surface area contributed by atoms with Gasteiger partial charge < -0.3 is 9.13 Å². The van der Waals surface area contributed by atoms with Gasteiger partial charge in [-0.25, -0.2) is 0 Å². The fourth-order valence-corrected chi connectivity index (χ4v) is 10.1. The van der Waals surface area contributed by atoms with E-state index >= 15 is 0 Å². The van der Waals surface area contributed by atoms with Crippen molar-refractivity contribution in [3.8, 4) is 92.3 Å². The molecule has 9 aromatic carbocycles. The molecule has 72 heavy (non-hydrogen) atoms. The van der Waals surface area contributed by atoms with Crippen LogP contribution in [0.3, 0.4) is 0 Å². The first-order chi connectivity index (χ1) is 35.1. The molecule has 0 aliphatic heterocycles. The Morgan fingerprint density at radius 3 is 1.29 bits per heavy atom. The molecule has 0 aliphatic carbocycles. The van der Waals surface area contributed by atoms with Gasteiger partial charge in [0.2, 0.25) is 0 Å². The van der Waals surface area contributed by atoms with Crippen LogP contribution >= 0.6 is 0 Å². The summed E-state index contributed by atoms with van der Waals surface area (Å²) in [6, 6.07) is 64.2. The van der Waals surface area contributed by atoms with Crippen molar-refractivity contribution in [3.63, 3.8) is 0 Å². The Balaban J connectivity index is 1.25. The maximum Gasteiger partial charge on any atom is 0.416 e. The lowest BCUT2D eigenvalue weighted by Gasteiger charge is -2.23. The molecule has 0 N–H and O–H groups in total. The van der Waals surface area contributed by atoms with Crippen molar-refractivity contribution in [1.29, 1.82) is 31.6 Å². The van der Waals surface area contributed by atoms with Gasteiger partial charge in [0.15, 0.2) is 0 Å². The van der Waals surface area contributed by atoms with Gasteiger partial charge in [-0.2, -0.15) is 44.7 Å². The van der Waals surface area contributed by atoms with Crippen molar-refractivity contribution in [2.24, 2.45) is 0 Å². The molecular formula is C61H29F3N8. The Kier molecular flexibility index (Phi) is 10.4. The van der Waals surface area contributed by atoms with E-state index in [1.807, 2.05) is 108 Å². The lowest BCUT2D eigenvalue weighted by molar-refractivity contribution is -0.137. The SMILES string of the molecule is N#Cc1ccc(-c2ccc3c(c2)c2ccccc2n3-c2cccc(C#N)c2-c2c(-c3ccc(C(F)(F)F)cc3C#N)cccc2-n2c3ccccc3c3cc(-c4ccc(C#N)cc4C#N)ccc32)c(C#N)c1. The van der Waals surface area contributed by atoms with Crippen LogP contribution in [-0.2, 0) is 6.18 Å². The van der Waals surface area contributed by atoms with E-state index in [2.05, 4.69) is 34.9 Å². The molecule has 0 amide bonds. The maximum atomic E-state index is 14.3. The number of alkyl halides is 3. The van der Waals surface area contributed by atoms with Gasteiger partial charge in [-0.1, -0.05) is 84.9 Å². The van der Waals surface area contributed by atoms with E-state index in [1.54, 1.807) is 60.7 Å². The third-order valence-corrected chi connectivity index (χ3v) is 13.2. The zero-order valence-corrected chi connectivity index (χ0v) is 37.5. The van der Waals surface area contributed by atoms with Gasteiger partial charge in [0.25, 0.3) is 0 Å². The van der Waals surface area contributed by atoms with E-state index in [9.17, 15) is 44.7 Å². The number of halogens is 3. The Labute approximate surface area is 409 Å². The highest BCUT2D eigenvalue weighted by atomic mass is 19.4. The number of para-hydroxylation sites is 2. The summed E-state index contributed by atoms with van der Waals surface area (Å²) in [6.45, 7) is 0. The molecule has 0 saturated carbocycles. The summed E-state index contributed by atoms with van der Waals surface area (Å²) in [7, 11) is 0. The minimum Gasteiger partial charge on any atom is -0.309 e. The monoisotopic (exact) mass is 930 g/mol. The molecule has 2 aromatic heterocycles. The number of fused-ring (bicyclic) bond motifs is 6. The van der Waals surface area contributed by atoms with Crippen LogP contribution < -0.4 is 0 Å². The van der Waals surface area contributed by atoms with Crippen LogP contribution in [0.25, 0.3) is 99.5 Å². The Bertz CT molecular complexity index is 4420. The minimum atomic E-state index is -4.73. The molecule has 0 aliphatic rings. The second-order valence-corrected chi connectivity index (χ2v) is 17.0. The van der Waals surface area contributed by atoms with Gasteiger partial charge in [-0.3, -0.25) is 0 Å². The number of hydrogen-bond acceptors (Lipinski definition) is 6. The third kappa shape index (κ3) is 6.95. The molecule has 8 nitrogen and oxygen atoms in total. The molecule has 0 radical (unpaired) electrons. The van der Waals surface area contributed by atoms with Crippen molar-refractivity contribution < 1.29 is 13.2 Å². The predicted molar refractivity (Wildman–Crippen MR) is 270 cm³/mol. The molecule has 0 bridgehead atoms. The summed E-state index contributed by atoms with van der Waals surface area (Å²) in [4.78, 5) is 0. The zero-order valence-electron chi connectivity index (χ0n) is 37.5. The molecule has 11 aromatic rings. The highest BCUT2D eigenvalue weighted by Gasteiger charge is 2.32. The standard InChI is InChI=1S/C61H29F3N8/c62-61(63,64)44-19-22-47(43(27-44)35-70)50-10-6-14-58(72-54-12-4-2-9-49(54)52-29-39(18-24-56(52)72)46-21-16-37(31-66)26-42(46)34-69)60(50)59-40(32-67)7-5-13-57(59)71-53-11-3-1-8-48(53)51-28-38(17-23-55(51)71)45-20-15-36(30-65)25-41(45)33-68/h1-29H. The summed E-state index contributed by atoms with van der Waals surface area (Å²) in [6.07, 6.45) is -4.73. The van der Waals surface area contributed by atoms with Gasteiger partial charge in [-0.05, 0) is 119 Å². The number of benzene rings is 9. The molecule has 0 fully saturated rings. The largest absolute Gasteiger partial charge is 0.416 e. The third-order valence-electron chi connectivity index (χ3n) is 13.2. The van der Waals surface area contributed by atoms with E-state index < -0.39 is 11.7 Å². The molecule has 11 heteroatoms. The first-order valence-corrected chi connectivity index (χ1v) is 22.3. The Morgan fingerprint density at radius 1 is 0.333 bits per heavy atom. The number of nitrogens with zero attached hydrogens (tertiary/aromatic N) is 8. The first kappa shape index (κ1) is 43.9. The second kappa shape index (κ2) is 17.1. The Hall–Kier alpha value is -10.7. The van der Waals surface area contributed by atoms with Gasteiger partial charge in [0.05, 0.1) is 109 Å².